The van der Waals surface area contributed by atoms with Crippen LogP contribution in [0.15, 0.2) is 4.99 Å². The molecule has 0 aromatic heterocycles. The molecule has 0 aromatic carbocycles. The van der Waals surface area contributed by atoms with E-state index in [0.717, 1.165) is 13.1 Å². The molecule has 6 N–H and O–H groups in total. The molecule has 106 valence electrons. The molecule has 0 aromatic rings. The lowest BCUT2D eigenvalue weighted by atomic mass is 10.8. The Balaban J connectivity index is -0.0000000778. The van der Waals surface area contributed by atoms with Crippen LogP contribution in [0.1, 0.15) is 20.8 Å². The highest BCUT2D eigenvalue weighted by molar-refractivity contribution is 14.0. The first-order valence-corrected chi connectivity index (χ1v) is 6.61. The first-order valence-electron chi connectivity index (χ1n) is 4.97. The van der Waals surface area contributed by atoms with Crippen molar-refractivity contribution in [3.8, 4) is 0 Å². The van der Waals surface area contributed by atoms with Crippen molar-refractivity contribution < 1.29 is 5.11 Å². The van der Waals surface area contributed by atoms with Crippen LogP contribution >= 0.6 is 48.0 Å². The molecule has 0 aliphatic rings. The van der Waals surface area contributed by atoms with Gasteiger partial charge < -0.3 is 21.9 Å². The van der Waals surface area contributed by atoms with Gasteiger partial charge in [0.25, 0.3) is 0 Å². The predicted molar refractivity (Wildman–Crippen MR) is 94.3 cm³/mol. The second kappa shape index (κ2) is 25.1. The van der Waals surface area contributed by atoms with Gasteiger partial charge in [-0.2, -0.15) is 0 Å². The normalized spacial score (nSPS) is 8.65. The van der Waals surface area contributed by atoms with Crippen molar-refractivity contribution in [3.05, 3.63) is 0 Å². The molecular formula is C9H25IN4OS2. The summed E-state index contributed by atoms with van der Waals surface area (Å²) in [5.41, 5.74) is 10.3. The number of thiocarbonyl (C=S) groups is 1. The first kappa shape index (κ1) is 25.9. The lowest BCUT2D eigenvalue weighted by Crippen LogP contribution is -2.28. The molecule has 0 aliphatic carbocycles. The van der Waals surface area contributed by atoms with Gasteiger partial charge in [0, 0.05) is 19.7 Å². The number of amidine groups is 1. The number of halogens is 1. The monoisotopic (exact) mass is 396 g/mol. The molecule has 0 bridgehead atoms. The zero-order chi connectivity index (χ0) is 13.4. The van der Waals surface area contributed by atoms with Crippen molar-refractivity contribution in [2.75, 3.05) is 26.0 Å². The first-order chi connectivity index (χ1) is 7.49. The minimum absolute atomic E-state index is 0. The highest BCUT2D eigenvalue weighted by Crippen LogP contribution is 1.88. The number of nitrogens with two attached hydrogens (primary N) is 2. The van der Waals surface area contributed by atoms with E-state index in [2.05, 4.69) is 22.5 Å². The van der Waals surface area contributed by atoms with Crippen molar-refractivity contribution in [2.24, 2.45) is 16.5 Å². The third kappa shape index (κ3) is 48.6. The van der Waals surface area contributed by atoms with Crippen LogP contribution < -0.4 is 16.8 Å². The maximum absolute atomic E-state index is 7.57. The summed E-state index contributed by atoms with van der Waals surface area (Å²) in [6, 6.07) is 0. The van der Waals surface area contributed by atoms with E-state index >= 15 is 0 Å². The maximum atomic E-state index is 7.57. The molecule has 0 heterocycles. The van der Waals surface area contributed by atoms with E-state index in [0.29, 0.717) is 10.3 Å². The highest BCUT2D eigenvalue weighted by Gasteiger charge is 1.79. The molecular weight excluding hydrogens is 371 g/mol. The van der Waals surface area contributed by atoms with Gasteiger partial charge >= 0.3 is 0 Å². The van der Waals surface area contributed by atoms with Crippen molar-refractivity contribution in [1.82, 2.24) is 5.32 Å². The largest absolute Gasteiger partial charge is 0.397 e. The summed E-state index contributed by atoms with van der Waals surface area (Å²) in [7, 11) is 0. The molecule has 5 nitrogen and oxygen atoms in total. The molecule has 0 aliphatic heterocycles. The smallest absolute Gasteiger partial charge is 0.163 e. The zero-order valence-electron chi connectivity index (χ0n) is 10.9. The van der Waals surface area contributed by atoms with Gasteiger partial charge in [0.05, 0.1) is 0 Å². The molecule has 0 atom stereocenters. The van der Waals surface area contributed by atoms with Crippen LogP contribution in [0.2, 0.25) is 0 Å². The zero-order valence-corrected chi connectivity index (χ0v) is 14.9. The standard InChI is InChI=1S/C4H10N2S.C3H8N2S.C2H6O.HI/c1-3-6-4(5)7-2;1-2-5-3(4)6;1-2-3;/h3H2,1-2H3,(H2,5,6);2H2,1H3,(H3,4,5,6);3H,2H2,1H3;1H. The van der Waals surface area contributed by atoms with Gasteiger partial charge in [-0.15, -0.1) is 24.0 Å². The van der Waals surface area contributed by atoms with E-state index in [4.69, 9.17) is 16.6 Å². The van der Waals surface area contributed by atoms with E-state index in [9.17, 15) is 0 Å². The summed E-state index contributed by atoms with van der Waals surface area (Å²) in [5, 5.41) is 11.3. The molecule has 0 unspecified atom stereocenters. The number of aliphatic hydroxyl groups is 1. The third-order valence-electron chi connectivity index (χ3n) is 0.874. The average molecular weight is 396 g/mol. The van der Waals surface area contributed by atoms with E-state index in [1.165, 1.54) is 11.8 Å². The van der Waals surface area contributed by atoms with Crippen LogP contribution in [0.5, 0.6) is 0 Å². The lowest BCUT2D eigenvalue weighted by Gasteiger charge is -1.92. The van der Waals surface area contributed by atoms with Crippen molar-refractivity contribution in [3.63, 3.8) is 0 Å². The molecule has 8 heteroatoms. The molecule has 0 radical (unpaired) electrons. The molecule has 17 heavy (non-hydrogen) atoms. The number of hydrogen-bond acceptors (Lipinski definition) is 4. The summed E-state index contributed by atoms with van der Waals surface area (Å²) in [4.78, 5) is 3.90. The number of aliphatic imine (C=N–C) groups is 1. The van der Waals surface area contributed by atoms with Crippen LogP contribution in [0.25, 0.3) is 0 Å². The molecule has 0 saturated carbocycles. The Labute approximate surface area is 131 Å². The molecule has 0 fully saturated rings. The van der Waals surface area contributed by atoms with E-state index in [1.54, 1.807) is 6.92 Å². The number of hydrogen-bond donors (Lipinski definition) is 4. The molecule has 0 spiro atoms. The number of thioether (sulfide) groups is 1. The van der Waals surface area contributed by atoms with E-state index < -0.39 is 0 Å². The van der Waals surface area contributed by atoms with Crippen molar-refractivity contribution >= 4 is 58.2 Å². The maximum Gasteiger partial charge on any atom is 0.163 e. The summed E-state index contributed by atoms with van der Waals surface area (Å²) in [5.74, 6) is 0. The Morgan fingerprint density at radius 1 is 1.35 bits per heavy atom. The van der Waals surface area contributed by atoms with Gasteiger partial charge in [0.15, 0.2) is 10.3 Å². The lowest BCUT2D eigenvalue weighted by molar-refractivity contribution is 0.318. The summed E-state index contributed by atoms with van der Waals surface area (Å²) >= 11 is 5.94. The number of aliphatic hydroxyl groups excluding tert-OH is 1. The SMILES string of the molecule is CCN=C(N)SC.CCNC(N)=S.CCO.I. The van der Waals surface area contributed by atoms with Gasteiger partial charge in [-0.25, -0.2) is 0 Å². The molecule has 0 amide bonds. The fourth-order valence-corrected chi connectivity index (χ4v) is 0.797. The fourth-order valence-electron chi connectivity index (χ4n) is 0.395. The summed E-state index contributed by atoms with van der Waals surface area (Å²) in [6.45, 7) is 7.43. The topological polar surface area (TPSA) is 96.7 Å². The Morgan fingerprint density at radius 3 is 1.82 bits per heavy atom. The van der Waals surface area contributed by atoms with Gasteiger partial charge in [0.2, 0.25) is 0 Å². The summed E-state index contributed by atoms with van der Waals surface area (Å²) in [6.07, 6.45) is 1.91. The van der Waals surface area contributed by atoms with Crippen molar-refractivity contribution in [1.29, 1.82) is 0 Å². The van der Waals surface area contributed by atoms with Crippen molar-refractivity contribution in [2.45, 2.75) is 20.8 Å². The number of rotatable bonds is 2. The van der Waals surface area contributed by atoms with Gasteiger partial charge in [-0.3, -0.25) is 4.99 Å². The van der Waals surface area contributed by atoms with Gasteiger partial charge in [-0.05, 0) is 39.2 Å². The molecule has 0 rings (SSSR count). The average Bonchev–Trinajstić information content (AvgIpc) is 2.20. The Hall–Kier alpha value is 0.200. The number of nitrogens with one attached hydrogen (secondary N) is 1. The Kier molecular flexibility index (Phi) is 38.3. The minimum Gasteiger partial charge on any atom is -0.397 e. The highest BCUT2D eigenvalue weighted by atomic mass is 127. The second-order valence-corrected chi connectivity index (χ2v) is 3.49. The predicted octanol–water partition coefficient (Wildman–Crippen LogP) is 1.14. The van der Waals surface area contributed by atoms with Crippen LogP contribution in [-0.4, -0.2) is 41.3 Å². The van der Waals surface area contributed by atoms with E-state index in [-0.39, 0.29) is 30.6 Å². The van der Waals surface area contributed by atoms with E-state index in [1.807, 2.05) is 20.1 Å². The summed E-state index contributed by atoms with van der Waals surface area (Å²) < 4.78 is 0. The third-order valence-corrected chi connectivity index (χ3v) is 1.57. The molecule has 0 saturated heterocycles. The quantitative estimate of drug-likeness (QED) is 0.242. The Morgan fingerprint density at radius 2 is 1.76 bits per heavy atom. The van der Waals surface area contributed by atoms with Gasteiger partial charge in [-0.1, -0.05) is 11.8 Å². The number of nitrogens with zero attached hydrogens (tertiary/aromatic N) is 1. The van der Waals surface area contributed by atoms with Gasteiger partial charge in [0.1, 0.15) is 0 Å². The van der Waals surface area contributed by atoms with Crippen LogP contribution in [0, 0.1) is 0 Å². The minimum atomic E-state index is 0. The van der Waals surface area contributed by atoms with Crippen LogP contribution in [0.3, 0.4) is 0 Å². The van der Waals surface area contributed by atoms with Crippen LogP contribution in [0.4, 0.5) is 0 Å². The fraction of sp³-hybridized carbons (Fsp3) is 0.778. The second-order valence-electron chi connectivity index (χ2n) is 2.23. The van der Waals surface area contributed by atoms with Crippen LogP contribution in [-0.2, 0) is 0 Å². The Bertz CT molecular complexity index is 182.